The summed E-state index contributed by atoms with van der Waals surface area (Å²) in [5.74, 6) is -0.592. The smallest absolute Gasteiger partial charge is 0.341 e. The van der Waals surface area contributed by atoms with Gasteiger partial charge in [0, 0.05) is 6.07 Å². The molecule has 2 N–H and O–H groups in total. The molecule has 0 aromatic heterocycles. The number of phenols is 2. The molecule has 6 heteroatoms. The fraction of sp³-hybridized carbons (Fsp3) is 0.208. The van der Waals surface area contributed by atoms with Crippen molar-refractivity contribution in [1.29, 1.82) is 0 Å². The zero-order chi connectivity index (χ0) is 21.7. The van der Waals surface area contributed by atoms with Crippen LogP contribution in [0, 0.1) is 0 Å². The van der Waals surface area contributed by atoms with Crippen LogP contribution in [-0.4, -0.2) is 30.4 Å². The Balaban J connectivity index is 1.95. The van der Waals surface area contributed by atoms with Crippen LogP contribution in [0.25, 0.3) is 0 Å². The Kier molecular flexibility index (Phi) is 6.85. The first-order valence-corrected chi connectivity index (χ1v) is 9.83. The number of aryl methyl sites for hydroxylation is 1. The highest BCUT2D eigenvalue weighted by Crippen LogP contribution is 2.37. The number of phenolic OH excluding ortho intramolecular Hbond substituents is 2. The van der Waals surface area contributed by atoms with Gasteiger partial charge in [0.05, 0.1) is 19.2 Å². The summed E-state index contributed by atoms with van der Waals surface area (Å²) in [5, 5.41) is 20.2. The van der Waals surface area contributed by atoms with E-state index in [1.54, 1.807) is 7.11 Å². The number of hydrogen-bond donors (Lipinski definition) is 2. The lowest BCUT2D eigenvalue weighted by Gasteiger charge is -2.15. The van der Waals surface area contributed by atoms with E-state index in [1.807, 2.05) is 36.4 Å². The van der Waals surface area contributed by atoms with Crippen LogP contribution in [0.4, 0.5) is 0 Å². The Labute approximate surface area is 180 Å². The minimum absolute atomic E-state index is 0.0292. The lowest BCUT2D eigenvalue weighted by Crippen LogP contribution is -2.09. The van der Waals surface area contributed by atoms with E-state index < -0.39 is 5.97 Å². The maximum atomic E-state index is 12.2. The number of hydrogen-bond acceptors (Lipinski definition) is 5. The highest BCUT2D eigenvalue weighted by atomic mass is 35.5. The fourth-order valence-electron chi connectivity index (χ4n) is 3.46. The number of esters is 1. The molecule has 5 nitrogen and oxygen atoms in total. The molecule has 0 atom stereocenters. The molecule has 0 aliphatic carbocycles. The van der Waals surface area contributed by atoms with Gasteiger partial charge in [-0.3, -0.25) is 0 Å². The molecule has 0 unspecified atom stereocenters. The van der Waals surface area contributed by atoms with Crippen LogP contribution in [0.1, 0.15) is 32.6 Å². The van der Waals surface area contributed by atoms with Gasteiger partial charge in [-0.05, 0) is 53.6 Å². The number of aromatic hydroxyl groups is 2. The first kappa shape index (κ1) is 21.5. The van der Waals surface area contributed by atoms with Crippen molar-refractivity contribution in [3.63, 3.8) is 0 Å². The normalized spacial score (nSPS) is 10.6. The Morgan fingerprint density at radius 3 is 2.33 bits per heavy atom. The zero-order valence-corrected chi connectivity index (χ0v) is 17.6. The van der Waals surface area contributed by atoms with Gasteiger partial charge in [0.2, 0.25) is 0 Å². The number of ether oxygens (including phenoxy) is 2. The Morgan fingerprint density at radius 2 is 1.67 bits per heavy atom. The maximum Gasteiger partial charge on any atom is 0.341 e. The summed E-state index contributed by atoms with van der Waals surface area (Å²) in [6.45, 7) is 0. The Hall–Kier alpha value is -3.18. The quantitative estimate of drug-likeness (QED) is 0.524. The summed E-state index contributed by atoms with van der Waals surface area (Å²) >= 11 is 6.27. The highest BCUT2D eigenvalue weighted by Gasteiger charge is 2.23. The molecule has 156 valence electrons. The van der Waals surface area contributed by atoms with Crippen LogP contribution in [0.2, 0.25) is 5.02 Å². The second-order valence-corrected chi connectivity index (χ2v) is 7.25. The van der Waals surface area contributed by atoms with Crippen LogP contribution < -0.4 is 4.74 Å². The van der Waals surface area contributed by atoms with E-state index in [0.29, 0.717) is 18.4 Å². The fourth-order valence-corrected chi connectivity index (χ4v) is 3.71. The van der Waals surface area contributed by atoms with Crippen molar-refractivity contribution in [3.05, 3.63) is 87.4 Å². The summed E-state index contributed by atoms with van der Waals surface area (Å²) in [6.07, 6.45) is 1.59. The summed E-state index contributed by atoms with van der Waals surface area (Å²) in [4.78, 5) is 12.2. The van der Waals surface area contributed by atoms with Gasteiger partial charge in [-0.15, -0.1) is 0 Å². The van der Waals surface area contributed by atoms with E-state index in [9.17, 15) is 15.0 Å². The predicted octanol–water partition coefficient (Wildman–Crippen LogP) is 4.92. The standard InChI is InChI=1S/C24H23ClO5/c1-29-18-10-8-16(17(13-18)12-15-6-4-3-5-7-15)9-11-19-22(24(28)30-2)20(26)14-21(27)23(19)25/h3-8,10,13-14,26-27H,9,11-12H2,1-2H3. The molecule has 0 amide bonds. The predicted molar refractivity (Wildman–Crippen MR) is 116 cm³/mol. The van der Waals surface area contributed by atoms with Crippen molar-refractivity contribution < 1.29 is 24.5 Å². The molecule has 0 heterocycles. The summed E-state index contributed by atoms with van der Waals surface area (Å²) in [7, 11) is 2.85. The van der Waals surface area contributed by atoms with Crippen LogP contribution >= 0.6 is 11.6 Å². The van der Waals surface area contributed by atoms with Gasteiger partial charge in [0.1, 0.15) is 22.8 Å². The maximum absolute atomic E-state index is 12.2. The van der Waals surface area contributed by atoms with Crippen LogP contribution in [0.3, 0.4) is 0 Å². The Bertz CT molecular complexity index is 1050. The van der Waals surface area contributed by atoms with Gasteiger partial charge >= 0.3 is 5.97 Å². The highest BCUT2D eigenvalue weighted by molar-refractivity contribution is 6.33. The number of carbonyl (C=O) groups excluding carboxylic acids is 1. The van der Waals surface area contributed by atoms with Crippen molar-refractivity contribution >= 4 is 17.6 Å². The number of benzene rings is 3. The van der Waals surface area contributed by atoms with Gasteiger partial charge in [-0.25, -0.2) is 4.79 Å². The van der Waals surface area contributed by atoms with Gasteiger partial charge in [-0.2, -0.15) is 0 Å². The molecular formula is C24H23ClO5. The SMILES string of the molecule is COC(=O)c1c(O)cc(O)c(Cl)c1CCc1ccc(OC)cc1Cc1ccccc1. The lowest BCUT2D eigenvalue weighted by molar-refractivity contribution is 0.0596. The molecule has 0 aliphatic rings. The molecule has 0 saturated carbocycles. The molecule has 0 radical (unpaired) electrons. The third kappa shape index (κ3) is 4.69. The number of carbonyl (C=O) groups is 1. The monoisotopic (exact) mass is 426 g/mol. The topological polar surface area (TPSA) is 76.0 Å². The van der Waals surface area contributed by atoms with Gasteiger partial charge in [-0.1, -0.05) is 48.0 Å². The van der Waals surface area contributed by atoms with Crippen molar-refractivity contribution in [2.45, 2.75) is 19.3 Å². The summed E-state index contributed by atoms with van der Waals surface area (Å²) in [5.41, 5.74) is 3.62. The van der Waals surface area contributed by atoms with E-state index in [4.69, 9.17) is 21.1 Å². The van der Waals surface area contributed by atoms with E-state index in [-0.39, 0.29) is 22.1 Å². The molecule has 0 spiro atoms. The van der Waals surface area contributed by atoms with Crippen molar-refractivity contribution in [2.24, 2.45) is 0 Å². The van der Waals surface area contributed by atoms with Crippen LogP contribution in [0.5, 0.6) is 17.2 Å². The molecule has 0 aliphatic heterocycles. The number of halogens is 1. The van der Waals surface area contributed by atoms with Crippen LogP contribution in [-0.2, 0) is 24.0 Å². The number of methoxy groups -OCH3 is 2. The van der Waals surface area contributed by atoms with E-state index in [2.05, 4.69) is 12.1 Å². The molecule has 0 saturated heterocycles. The second-order valence-electron chi connectivity index (χ2n) is 6.87. The van der Waals surface area contributed by atoms with Gasteiger partial charge < -0.3 is 19.7 Å². The van der Waals surface area contributed by atoms with Gasteiger partial charge in [0.25, 0.3) is 0 Å². The molecule has 3 rings (SSSR count). The largest absolute Gasteiger partial charge is 0.507 e. The zero-order valence-electron chi connectivity index (χ0n) is 16.8. The molecule has 3 aromatic rings. The third-order valence-electron chi connectivity index (χ3n) is 5.01. The minimum Gasteiger partial charge on any atom is -0.507 e. The second kappa shape index (κ2) is 9.55. The van der Waals surface area contributed by atoms with E-state index in [1.165, 1.54) is 7.11 Å². The van der Waals surface area contributed by atoms with Gasteiger partial charge in [0.15, 0.2) is 0 Å². The third-order valence-corrected chi connectivity index (χ3v) is 5.43. The molecule has 30 heavy (non-hydrogen) atoms. The van der Waals surface area contributed by atoms with Crippen LogP contribution in [0.15, 0.2) is 54.6 Å². The van der Waals surface area contributed by atoms with Crippen molar-refractivity contribution in [1.82, 2.24) is 0 Å². The summed E-state index contributed by atoms with van der Waals surface area (Å²) < 4.78 is 10.2. The van der Waals surface area contributed by atoms with Crippen molar-refractivity contribution in [3.8, 4) is 17.2 Å². The van der Waals surface area contributed by atoms with E-state index >= 15 is 0 Å². The Morgan fingerprint density at radius 1 is 0.933 bits per heavy atom. The average Bonchev–Trinajstić information content (AvgIpc) is 2.76. The molecule has 0 fully saturated rings. The van der Waals surface area contributed by atoms with Crippen molar-refractivity contribution in [2.75, 3.05) is 14.2 Å². The number of rotatable bonds is 7. The average molecular weight is 427 g/mol. The first-order valence-electron chi connectivity index (χ1n) is 9.46. The first-order chi connectivity index (χ1) is 14.4. The lowest BCUT2D eigenvalue weighted by atomic mass is 9.93. The molecular weight excluding hydrogens is 404 g/mol. The summed E-state index contributed by atoms with van der Waals surface area (Å²) in [6, 6.07) is 17.0. The molecule has 3 aromatic carbocycles. The minimum atomic E-state index is -0.705. The van der Waals surface area contributed by atoms with E-state index in [0.717, 1.165) is 34.9 Å². The molecule has 0 bridgehead atoms.